The second kappa shape index (κ2) is 38.9. The molecule has 0 bridgehead atoms. The van der Waals surface area contributed by atoms with E-state index in [0.717, 1.165) is 89.9 Å². The van der Waals surface area contributed by atoms with Crippen molar-refractivity contribution in [3.63, 3.8) is 0 Å². The van der Waals surface area contributed by atoms with Crippen LogP contribution in [0.2, 0.25) is 0 Å². The minimum Gasteiger partial charge on any atom is -0.394 e. The average Bonchev–Trinajstić information content (AvgIpc) is 3.40. The van der Waals surface area contributed by atoms with Gasteiger partial charge in [0.1, 0.15) is 73.2 Å². The van der Waals surface area contributed by atoms with E-state index in [9.17, 15) is 61.0 Å². The van der Waals surface area contributed by atoms with Crippen molar-refractivity contribution < 1.29 is 89.4 Å². The number of carbonyl (C=O) groups excluding carboxylic acids is 1. The molecule has 1 amide bonds. The highest BCUT2D eigenvalue weighted by atomic mass is 16.8. The second-order valence-electron chi connectivity index (χ2n) is 19.7. The normalized spacial score (nSPS) is 31.9. The van der Waals surface area contributed by atoms with Crippen LogP contribution in [0.1, 0.15) is 149 Å². The lowest BCUT2D eigenvalue weighted by atomic mass is 9.96. The zero-order valence-electron chi connectivity index (χ0n) is 44.0. The lowest BCUT2D eigenvalue weighted by molar-refractivity contribution is -0.379. The maximum absolute atomic E-state index is 13.2. The van der Waals surface area contributed by atoms with E-state index >= 15 is 0 Å². The lowest BCUT2D eigenvalue weighted by Crippen LogP contribution is -2.66. The van der Waals surface area contributed by atoms with Crippen molar-refractivity contribution in [1.29, 1.82) is 0 Å². The minimum atomic E-state index is -1.98. The Hall–Kier alpha value is -2.51. The van der Waals surface area contributed by atoms with Gasteiger partial charge in [0.05, 0.1) is 38.6 Å². The molecule has 0 spiro atoms. The van der Waals surface area contributed by atoms with E-state index in [1.807, 2.05) is 6.08 Å². The molecule has 3 aliphatic rings. The molecule has 3 fully saturated rings. The molecule has 19 nitrogen and oxygen atoms in total. The number of allylic oxidation sites excluding steroid dienone is 9. The van der Waals surface area contributed by atoms with Crippen molar-refractivity contribution in [1.82, 2.24) is 5.32 Å². The summed E-state index contributed by atoms with van der Waals surface area (Å²) in [6.07, 6.45) is 15.2. The molecule has 0 saturated carbocycles. The van der Waals surface area contributed by atoms with Crippen molar-refractivity contribution in [3.8, 4) is 0 Å². The highest BCUT2D eigenvalue weighted by Crippen LogP contribution is 2.33. The number of carbonyl (C=O) groups is 1. The Morgan fingerprint density at radius 1 is 0.500 bits per heavy atom. The first-order chi connectivity index (χ1) is 35.8. The largest absolute Gasteiger partial charge is 0.394 e. The summed E-state index contributed by atoms with van der Waals surface area (Å²) in [5.41, 5.74) is 0. The molecular formula is C55H95NO18. The summed E-state index contributed by atoms with van der Waals surface area (Å²) < 4.78 is 34.1. The number of rotatable bonds is 38. The van der Waals surface area contributed by atoms with E-state index in [4.69, 9.17) is 28.4 Å². The highest BCUT2D eigenvalue weighted by Gasteiger charge is 2.53. The van der Waals surface area contributed by atoms with Crippen molar-refractivity contribution >= 4 is 5.91 Å². The van der Waals surface area contributed by atoms with Gasteiger partial charge in [-0.05, 0) is 57.8 Å². The van der Waals surface area contributed by atoms with Crippen molar-refractivity contribution in [2.45, 2.75) is 253 Å². The maximum Gasteiger partial charge on any atom is 0.220 e. The SMILES string of the molecule is CC/C=C\C/C=C\C/C=C\C/C=C\CCCCCCCCCCC(=O)NC(COC1OC(CO)C(OC2OC(CO)C(OC3OC(CO)C(O)C(O)C3O)C(O)C2O)C(O)C1O)C(O)/C=C/CCCCCCCC. The molecule has 17 atom stereocenters. The number of hydrogen-bond donors (Lipinski definition) is 12. The lowest BCUT2D eigenvalue weighted by Gasteiger charge is -2.48. The van der Waals surface area contributed by atoms with Gasteiger partial charge in [0.2, 0.25) is 5.91 Å². The van der Waals surface area contributed by atoms with Gasteiger partial charge in [0, 0.05) is 6.42 Å². The van der Waals surface area contributed by atoms with Gasteiger partial charge < -0.3 is 89.9 Å². The van der Waals surface area contributed by atoms with E-state index in [-0.39, 0.29) is 18.9 Å². The molecule has 74 heavy (non-hydrogen) atoms. The number of hydrogen-bond acceptors (Lipinski definition) is 18. The quantitative estimate of drug-likeness (QED) is 0.0312. The molecule has 12 N–H and O–H groups in total. The molecule has 3 rings (SSSR count). The Bertz CT molecular complexity index is 1590. The van der Waals surface area contributed by atoms with Gasteiger partial charge in [-0.3, -0.25) is 4.79 Å². The Balaban J connectivity index is 1.48. The predicted molar refractivity (Wildman–Crippen MR) is 277 cm³/mol. The Morgan fingerprint density at radius 3 is 1.46 bits per heavy atom. The zero-order chi connectivity index (χ0) is 54.1. The fourth-order valence-corrected chi connectivity index (χ4v) is 9.00. The molecule has 0 aromatic heterocycles. The van der Waals surface area contributed by atoms with Crippen LogP contribution in [-0.2, 0) is 33.2 Å². The fraction of sp³-hybridized carbons (Fsp3) is 0.800. The number of ether oxygens (including phenoxy) is 6. The standard InChI is InChI=1S/C55H95NO18/c1-3-5-7-9-11-13-14-15-16-17-18-19-20-21-22-23-24-25-27-29-31-33-43(61)56-38(39(60)32-30-28-26-12-10-8-6-4-2)37-69-53-49(67)46(64)51(41(35-58)71-53)74-55-50(68)47(65)52(42(36-59)72-55)73-54-48(66)45(63)44(62)40(34-57)70-54/h5,7,11,13,15-16,18-19,30,32,38-42,44-55,57-60,62-68H,3-4,6,8-10,12,14,17,20-29,31,33-37H2,1-2H3,(H,56,61)/b7-5-,13-11-,16-15-,19-18-,32-30+. The first-order valence-corrected chi connectivity index (χ1v) is 27.5. The zero-order valence-corrected chi connectivity index (χ0v) is 44.0. The Labute approximate surface area is 439 Å². The molecule has 3 heterocycles. The van der Waals surface area contributed by atoms with Crippen LogP contribution in [0.5, 0.6) is 0 Å². The van der Waals surface area contributed by atoms with Gasteiger partial charge in [0.15, 0.2) is 18.9 Å². The third kappa shape index (κ3) is 23.6. The maximum atomic E-state index is 13.2. The first-order valence-electron chi connectivity index (χ1n) is 27.5. The average molecular weight is 1060 g/mol. The van der Waals surface area contributed by atoms with Crippen molar-refractivity contribution in [2.75, 3.05) is 26.4 Å². The fourth-order valence-electron chi connectivity index (χ4n) is 9.00. The van der Waals surface area contributed by atoms with Crippen LogP contribution in [-0.4, -0.2) is 193 Å². The molecule has 0 aliphatic carbocycles. The summed E-state index contributed by atoms with van der Waals surface area (Å²) in [6.45, 7) is 1.51. The van der Waals surface area contributed by atoms with E-state index in [1.165, 1.54) is 32.1 Å². The molecule has 3 aliphatic heterocycles. The van der Waals surface area contributed by atoms with Crippen LogP contribution >= 0.6 is 0 Å². The van der Waals surface area contributed by atoms with Gasteiger partial charge in [-0.2, -0.15) is 0 Å². The number of nitrogens with one attached hydrogen (secondary N) is 1. The van der Waals surface area contributed by atoms with Crippen LogP contribution in [0.4, 0.5) is 0 Å². The van der Waals surface area contributed by atoms with Crippen LogP contribution in [0.15, 0.2) is 60.8 Å². The summed E-state index contributed by atoms with van der Waals surface area (Å²) in [7, 11) is 0. The molecule has 0 radical (unpaired) electrons. The summed E-state index contributed by atoms with van der Waals surface area (Å²) >= 11 is 0. The van der Waals surface area contributed by atoms with Crippen LogP contribution in [0, 0.1) is 0 Å². The van der Waals surface area contributed by atoms with E-state index in [0.29, 0.717) is 6.42 Å². The van der Waals surface area contributed by atoms with Gasteiger partial charge in [-0.25, -0.2) is 0 Å². The molecule has 0 aromatic carbocycles. The van der Waals surface area contributed by atoms with Gasteiger partial charge in [0.25, 0.3) is 0 Å². The number of amides is 1. The van der Waals surface area contributed by atoms with Crippen LogP contribution in [0.3, 0.4) is 0 Å². The summed E-state index contributed by atoms with van der Waals surface area (Å²) in [5, 5.41) is 120. The number of aliphatic hydroxyl groups is 11. The molecular weight excluding hydrogens is 963 g/mol. The van der Waals surface area contributed by atoms with Crippen molar-refractivity contribution in [3.05, 3.63) is 60.8 Å². The third-order valence-corrected chi connectivity index (χ3v) is 13.6. The highest BCUT2D eigenvalue weighted by molar-refractivity contribution is 5.76. The smallest absolute Gasteiger partial charge is 0.220 e. The third-order valence-electron chi connectivity index (χ3n) is 13.6. The summed E-state index contributed by atoms with van der Waals surface area (Å²) in [6, 6.07) is -0.977. The predicted octanol–water partition coefficient (Wildman–Crippen LogP) is 3.31. The van der Waals surface area contributed by atoms with Crippen molar-refractivity contribution in [2.24, 2.45) is 0 Å². The molecule has 3 saturated heterocycles. The van der Waals surface area contributed by atoms with E-state index < -0.39 is 124 Å². The summed E-state index contributed by atoms with van der Waals surface area (Å²) in [4.78, 5) is 13.2. The Kier molecular flexibility index (Phi) is 34.6. The van der Waals surface area contributed by atoms with Gasteiger partial charge in [-0.1, -0.05) is 145 Å². The minimum absolute atomic E-state index is 0.230. The topological polar surface area (TPSA) is 307 Å². The molecule has 0 aromatic rings. The van der Waals surface area contributed by atoms with E-state index in [1.54, 1.807) is 6.08 Å². The molecule has 17 unspecified atom stereocenters. The van der Waals surface area contributed by atoms with Gasteiger partial charge >= 0.3 is 0 Å². The molecule has 428 valence electrons. The van der Waals surface area contributed by atoms with Crippen LogP contribution < -0.4 is 5.32 Å². The number of aliphatic hydroxyl groups excluding tert-OH is 11. The second-order valence-corrected chi connectivity index (χ2v) is 19.7. The van der Waals surface area contributed by atoms with Gasteiger partial charge in [-0.15, -0.1) is 0 Å². The van der Waals surface area contributed by atoms with Crippen LogP contribution in [0.25, 0.3) is 0 Å². The molecule has 19 heteroatoms. The number of unbranched alkanes of at least 4 members (excludes halogenated alkanes) is 14. The summed E-state index contributed by atoms with van der Waals surface area (Å²) in [5.74, 6) is -0.292. The van der Waals surface area contributed by atoms with E-state index in [2.05, 4.69) is 67.8 Å². The monoisotopic (exact) mass is 1060 g/mol. The first kappa shape index (κ1) is 65.8. The Morgan fingerprint density at radius 2 is 0.932 bits per heavy atom.